The Morgan fingerprint density at radius 1 is 1.38 bits per heavy atom. The van der Waals surface area contributed by atoms with Crippen LogP contribution < -0.4 is 4.72 Å². The molecule has 21 heavy (non-hydrogen) atoms. The van der Waals surface area contributed by atoms with Gasteiger partial charge in [0.2, 0.25) is 10.0 Å². The van der Waals surface area contributed by atoms with Gasteiger partial charge in [-0.25, -0.2) is 22.3 Å². The minimum atomic E-state index is -3.91. The maximum atomic E-state index is 13.3. The second-order valence-electron chi connectivity index (χ2n) is 5.48. The van der Waals surface area contributed by atoms with Crippen molar-refractivity contribution in [1.29, 1.82) is 0 Å². The molecule has 1 aromatic carbocycles. The van der Waals surface area contributed by atoms with Gasteiger partial charge in [-0.15, -0.1) is 0 Å². The molecule has 0 radical (unpaired) electrons. The molecule has 118 valence electrons. The van der Waals surface area contributed by atoms with Gasteiger partial charge in [-0.1, -0.05) is 0 Å². The first-order valence-electron chi connectivity index (χ1n) is 6.17. The molecule has 0 fully saturated rings. The SMILES string of the molecule is CN(C)C(C)(C)CNS(=O)(=O)c1ccc(F)c(C(=O)O)c1. The van der Waals surface area contributed by atoms with Crippen LogP contribution in [0.15, 0.2) is 23.1 Å². The highest BCUT2D eigenvalue weighted by Gasteiger charge is 2.25. The number of hydrogen-bond acceptors (Lipinski definition) is 4. The third-order valence-corrected chi connectivity index (χ3v) is 4.78. The summed E-state index contributed by atoms with van der Waals surface area (Å²) in [7, 11) is -0.278. The van der Waals surface area contributed by atoms with Gasteiger partial charge in [0.05, 0.1) is 10.5 Å². The molecule has 0 aliphatic rings. The van der Waals surface area contributed by atoms with Crippen LogP contribution in [0.2, 0.25) is 0 Å². The number of halogens is 1. The molecule has 0 amide bonds. The lowest BCUT2D eigenvalue weighted by atomic mass is 10.1. The van der Waals surface area contributed by atoms with Gasteiger partial charge < -0.3 is 10.0 Å². The molecule has 0 heterocycles. The number of benzene rings is 1. The Balaban J connectivity index is 3.04. The monoisotopic (exact) mass is 318 g/mol. The molecule has 0 aromatic heterocycles. The van der Waals surface area contributed by atoms with Gasteiger partial charge in [0, 0.05) is 12.1 Å². The molecular formula is C13H19FN2O4S. The lowest BCUT2D eigenvalue weighted by Gasteiger charge is -2.32. The molecule has 0 bridgehead atoms. The van der Waals surface area contributed by atoms with Crippen LogP contribution in [0.5, 0.6) is 0 Å². The summed E-state index contributed by atoms with van der Waals surface area (Å²) in [5.41, 5.74) is -1.10. The molecule has 0 saturated carbocycles. The van der Waals surface area contributed by atoms with Gasteiger partial charge in [0.25, 0.3) is 0 Å². The smallest absolute Gasteiger partial charge is 0.338 e. The van der Waals surface area contributed by atoms with E-state index >= 15 is 0 Å². The Kier molecular flexibility index (Phi) is 5.08. The molecule has 8 heteroatoms. The van der Waals surface area contributed by atoms with Crippen LogP contribution in [0.4, 0.5) is 4.39 Å². The number of rotatable bonds is 6. The normalized spacial score (nSPS) is 12.7. The van der Waals surface area contributed by atoms with Crippen molar-refractivity contribution in [2.75, 3.05) is 20.6 Å². The number of carboxylic acids is 1. The fraction of sp³-hybridized carbons (Fsp3) is 0.462. The van der Waals surface area contributed by atoms with Crippen molar-refractivity contribution in [1.82, 2.24) is 9.62 Å². The molecule has 1 rings (SSSR count). The number of carbonyl (C=O) groups is 1. The van der Waals surface area contributed by atoms with E-state index in [1.165, 1.54) is 0 Å². The van der Waals surface area contributed by atoms with Crippen molar-refractivity contribution in [3.8, 4) is 0 Å². The lowest BCUT2D eigenvalue weighted by molar-refractivity contribution is 0.0691. The van der Waals surface area contributed by atoms with E-state index in [1.54, 1.807) is 0 Å². The minimum Gasteiger partial charge on any atom is -0.478 e. The van der Waals surface area contributed by atoms with Crippen molar-refractivity contribution in [3.63, 3.8) is 0 Å². The van der Waals surface area contributed by atoms with E-state index in [-0.39, 0.29) is 11.4 Å². The van der Waals surface area contributed by atoms with Crippen molar-refractivity contribution in [3.05, 3.63) is 29.6 Å². The average molecular weight is 318 g/mol. The van der Waals surface area contributed by atoms with E-state index in [0.29, 0.717) is 0 Å². The summed E-state index contributed by atoms with van der Waals surface area (Å²) < 4.78 is 40.0. The Labute approximate surface area is 123 Å². The van der Waals surface area contributed by atoms with Crippen LogP contribution in [-0.2, 0) is 10.0 Å². The van der Waals surface area contributed by atoms with Crippen molar-refractivity contribution >= 4 is 16.0 Å². The van der Waals surface area contributed by atoms with Gasteiger partial charge in [-0.2, -0.15) is 0 Å². The van der Waals surface area contributed by atoms with E-state index in [9.17, 15) is 17.6 Å². The maximum Gasteiger partial charge on any atom is 0.338 e. The van der Waals surface area contributed by atoms with Gasteiger partial charge >= 0.3 is 5.97 Å². The highest BCUT2D eigenvalue weighted by molar-refractivity contribution is 7.89. The molecule has 1 aromatic rings. The van der Waals surface area contributed by atoms with E-state index in [0.717, 1.165) is 18.2 Å². The maximum absolute atomic E-state index is 13.3. The Hall–Kier alpha value is -1.51. The van der Waals surface area contributed by atoms with Crippen LogP contribution in [0.25, 0.3) is 0 Å². The van der Waals surface area contributed by atoms with Gasteiger partial charge in [-0.05, 0) is 46.1 Å². The fourth-order valence-electron chi connectivity index (χ4n) is 1.35. The van der Waals surface area contributed by atoms with Gasteiger partial charge in [-0.3, -0.25) is 0 Å². The largest absolute Gasteiger partial charge is 0.478 e. The first-order chi connectivity index (χ1) is 9.47. The van der Waals surface area contributed by atoms with Gasteiger partial charge in [0.1, 0.15) is 5.82 Å². The molecule has 0 aliphatic heterocycles. The highest BCUT2D eigenvalue weighted by Crippen LogP contribution is 2.16. The number of aromatic carboxylic acids is 1. The number of likely N-dealkylation sites (N-methyl/N-ethyl adjacent to an activating group) is 1. The molecule has 0 aliphatic carbocycles. The summed E-state index contributed by atoms with van der Waals surface area (Å²) in [5, 5.41) is 8.83. The molecule has 0 saturated heterocycles. The van der Waals surface area contributed by atoms with Crippen LogP contribution >= 0.6 is 0 Å². The van der Waals surface area contributed by atoms with Crippen molar-refractivity contribution < 1.29 is 22.7 Å². The second-order valence-corrected chi connectivity index (χ2v) is 7.25. The third-order valence-electron chi connectivity index (χ3n) is 3.38. The van der Waals surface area contributed by atoms with Crippen molar-refractivity contribution in [2.24, 2.45) is 0 Å². The molecule has 2 N–H and O–H groups in total. The fourth-order valence-corrected chi connectivity index (χ4v) is 2.58. The Morgan fingerprint density at radius 2 is 1.95 bits per heavy atom. The first-order valence-corrected chi connectivity index (χ1v) is 7.65. The Morgan fingerprint density at radius 3 is 2.43 bits per heavy atom. The van der Waals surface area contributed by atoms with Crippen LogP contribution in [0.3, 0.4) is 0 Å². The second kappa shape index (κ2) is 6.08. The zero-order chi connectivity index (χ0) is 16.4. The summed E-state index contributed by atoms with van der Waals surface area (Å²) in [6.07, 6.45) is 0. The first kappa shape index (κ1) is 17.5. The molecular weight excluding hydrogens is 299 g/mol. The number of sulfonamides is 1. The predicted molar refractivity (Wildman–Crippen MR) is 76.3 cm³/mol. The number of hydrogen-bond donors (Lipinski definition) is 2. The van der Waals surface area contributed by atoms with Gasteiger partial charge in [0.15, 0.2) is 0 Å². The number of nitrogens with zero attached hydrogens (tertiary/aromatic N) is 1. The molecule has 0 atom stereocenters. The molecule has 0 unspecified atom stereocenters. The average Bonchev–Trinajstić information content (AvgIpc) is 2.36. The summed E-state index contributed by atoms with van der Waals surface area (Å²) >= 11 is 0. The van der Waals surface area contributed by atoms with E-state index < -0.39 is 32.9 Å². The van der Waals surface area contributed by atoms with E-state index in [1.807, 2.05) is 32.8 Å². The van der Waals surface area contributed by atoms with Crippen LogP contribution in [0, 0.1) is 5.82 Å². The zero-order valence-corrected chi connectivity index (χ0v) is 13.2. The summed E-state index contributed by atoms with van der Waals surface area (Å²) in [4.78, 5) is 12.4. The Bertz CT molecular complexity index is 642. The molecule has 0 spiro atoms. The van der Waals surface area contributed by atoms with Crippen LogP contribution in [-0.4, -0.2) is 50.6 Å². The third kappa shape index (κ3) is 4.23. The summed E-state index contributed by atoms with van der Waals surface area (Å²) in [6, 6.07) is 2.67. The summed E-state index contributed by atoms with van der Waals surface area (Å²) in [5.74, 6) is -2.49. The standard InChI is InChI=1S/C13H19FN2O4S/c1-13(2,16(3)4)8-15-21(19,20)9-5-6-11(14)10(7-9)12(17)18/h5-7,15H,8H2,1-4H3,(H,17,18). The highest BCUT2D eigenvalue weighted by atomic mass is 32.2. The van der Waals surface area contributed by atoms with E-state index in [4.69, 9.17) is 5.11 Å². The predicted octanol–water partition coefficient (Wildman–Crippen LogP) is 1.14. The number of nitrogens with one attached hydrogen (secondary N) is 1. The van der Waals surface area contributed by atoms with Crippen LogP contribution in [0.1, 0.15) is 24.2 Å². The van der Waals surface area contributed by atoms with Crippen molar-refractivity contribution in [2.45, 2.75) is 24.3 Å². The quantitative estimate of drug-likeness (QED) is 0.821. The van der Waals surface area contributed by atoms with E-state index in [2.05, 4.69) is 4.72 Å². The molecule has 6 nitrogen and oxygen atoms in total. The zero-order valence-electron chi connectivity index (χ0n) is 12.3. The lowest BCUT2D eigenvalue weighted by Crippen LogP contribution is -2.48. The minimum absolute atomic E-state index is 0.127. The summed E-state index contributed by atoms with van der Waals surface area (Å²) in [6.45, 7) is 3.83. The topological polar surface area (TPSA) is 86.7 Å². The number of carboxylic acid groups (broad SMARTS) is 1.